The topological polar surface area (TPSA) is 0 Å². The zero-order chi connectivity index (χ0) is 31.3. The molecule has 0 amide bonds. The van der Waals surface area contributed by atoms with Crippen LogP contribution in [0.15, 0.2) is 170 Å². The lowest BCUT2D eigenvalue weighted by Crippen LogP contribution is -1.91. The maximum absolute atomic E-state index is 2.52. The molecule has 0 heteroatoms. The van der Waals surface area contributed by atoms with E-state index in [1.165, 1.54) is 109 Å². The standard InChI is InChI=1S/C48H28/c1-3-13-29(14-4-1)32-19-9-20-33(27-32)44-46-39-26-12-23-36-34-21-7-8-22-35(34)40(45(36)39)28-41(46)43(31-15-5-2-6-16-31)47-37-24-10-17-30-18-11-25-38(42(30)37)48(44)47/h1-28H. The monoisotopic (exact) mass is 604 g/mol. The van der Waals surface area contributed by atoms with Gasteiger partial charge in [-0.15, -0.1) is 0 Å². The predicted molar refractivity (Wildman–Crippen MR) is 208 cm³/mol. The van der Waals surface area contributed by atoms with Crippen molar-refractivity contribution in [2.45, 2.75) is 0 Å². The van der Waals surface area contributed by atoms with Gasteiger partial charge < -0.3 is 0 Å². The molecule has 0 bridgehead atoms. The van der Waals surface area contributed by atoms with Crippen molar-refractivity contribution in [3.05, 3.63) is 170 Å². The molecule has 11 rings (SSSR count). The Morgan fingerprint density at radius 1 is 0.208 bits per heavy atom. The minimum Gasteiger partial charge on any atom is -0.0622 e. The smallest absolute Gasteiger partial charge is 0.000719 e. The Labute approximate surface area is 277 Å². The summed E-state index contributed by atoms with van der Waals surface area (Å²) >= 11 is 0. The molecular formula is C48H28. The molecule has 0 heterocycles. The molecular weight excluding hydrogens is 577 g/mol. The summed E-state index contributed by atoms with van der Waals surface area (Å²) in [5, 5.41) is 18.6. The molecule has 0 fully saturated rings. The molecule has 0 atom stereocenters. The Hall–Kier alpha value is -6.24. The quantitative estimate of drug-likeness (QED) is 0.176. The lowest BCUT2D eigenvalue weighted by Gasteiger charge is -2.19. The first-order valence-electron chi connectivity index (χ1n) is 16.8. The van der Waals surface area contributed by atoms with E-state index in [0.717, 1.165) is 0 Å². The number of hydrogen-bond donors (Lipinski definition) is 0. The van der Waals surface area contributed by atoms with Crippen molar-refractivity contribution in [3.8, 4) is 33.4 Å². The Morgan fingerprint density at radius 3 is 1.44 bits per heavy atom. The molecule has 0 aromatic heterocycles. The maximum Gasteiger partial charge on any atom is -0.000719 e. The van der Waals surface area contributed by atoms with Gasteiger partial charge in [0, 0.05) is 0 Å². The van der Waals surface area contributed by atoms with Gasteiger partial charge in [0.05, 0.1) is 0 Å². The van der Waals surface area contributed by atoms with Gasteiger partial charge in [0.25, 0.3) is 0 Å². The minimum absolute atomic E-state index is 1.23. The summed E-state index contributed by atoms with van der Waals surface area (Å²) in [7, 11) is 0. The van der Waals surface area contributed by atoms with E-state index in [2.05, 4.69) is 170 Å². The van der Waals surface area contributed by atoms with Crippen molar-refractivity contribution in [3.63, 3.8) is 0 Å². The molecule has 11 aromatic rings. The maximum atomic E-state index is 2.52. The second kappa shape index (κ2) is 9.64. The van der Waals surface area contributed by atoms with Crippen LogP contribution in [0, 0.1) is 0 Å². The predicted octanol–water partition coefficient (Wildman–Crippen LogP) is 13.6. The van der Waals surface area contributed by atoms with Crippen LogP contribution in [0.25, 0.3) is 109 Å². The van der Waals surface area contributed by atoms with Crippen molar-refractivity contribution in [2.75, 3.05) is 0 Å². The van der Waals surface area contributed by atoms with Crippen LogP contribution < -0.4 is 0 Å². The Morgan fingerprint density at radius 2 is 0.708 bits per heavy atom. The Bertz CT molecular complexity index is 3020. The van der Waals surface area contributed by atoms with Crippen molar-refractivity contribution in [2.24, 2.45) is 0 Å². The van der Waals surface area contributed by atoms with Gasteiger partial charge in [0.2, 0.25) is 0 Å². The highest BCUT2D eigenvalue weighted by Crippen LogP contribution is 2.54. The second-order valence-electron chi connectivity index (χ2n) is 13.1. The highest BCUT2D eigenvalue weighted by molar-refractivity contribution is 6.44. The van der Waals surface area contributed by atoms with Gasteiger partial charge in [-0.05, 0) is 121 Å². The van der Waals surface area contributed by atoms with Crippen LogP contribution in [0.4, 0.5) is 0 Å². The summed E-state index contributed by atoms with van der Waals surface area (Å²) in [6.45, 7) is 0. The molecule has 11 aromatic carbocycles. The third-order valence-electron chi connectivity index (χ3n) is 10.7. The van der Waals surface area contributed by atoms with E-state index in [-0.39, 0.29) is 0 Å². The van der Waals surface area contributed by atoms with E-state index >= 15 is 0 Å². The number of hydrogen-bond acceptors (Lipinski definition) is 0. The van der Waals surface area contributed by atoms with E-state index in [0.29, 0.717) is 0 Å². The SMILES string of the molecule is c1ccc(-c2cccc(-c3c4c(cc5c6ccccc6c6cccc4c65)c(-c4ccccc4)c4c5cccc6cccc(c34)c65)c2)cc1. The van der Waals surface area contributed by atoms with Crippen LogP contribution in [0.3, 0.4) is 0 Å². The van der Waals surface area contributed by atoms with Gasteiger partial charge >= 0.3 is 0 Å². The molecule has 0 spiro atoms. The lowest BCUT2D eigenvalue weighted by molar-refractivity contribution is 1.61. The van der Waals surface area contributed by atoms with Crippen molar-refractivity contribution in [1.82, 2.24) is 0 Å². The van der Waals surface area contributed by atoms with Crippen molar-refractivity contribution < 1.29 is 0 Å². The molecule has 0 aliphatic carbocycles. The average Bonchev–Trinajstić information content (AvgIpc) is 3.66. The van der Waals surface area contributed by atoms with Crippen LogP contribution in [-0.4, -0.2) is 0 Å². The summed E-state index contributed by atoms with van der Waals surface area (Å²) in [6.07, 6.45) is 0. The molecule has 0 saturated carbocycles. The minimum atomic E-state index is 1.23. The van der Waals surface area contributed by atoms with Crippen molar-refractivity contribution >= 4 is 75.4 Å². The highest BCUT2D eigenvalue weighted by Gasteiger charge is 2.26. The summed E-state index contributed by atoms with van der Waals surface area (Å²) in [5.41, 5.74) is 7.60. The van der Waals surface area contributed by atoms with E-state index in [1.807, 2.05) is 0 Å². The first kappa shape index (κ1) is 25.9. The Balaban J connectivity index is 1.47. The number of rotatable bonds is 3. The van der Waals surface area contributed by atoms with Crippen LogP contribution in [-0.2, 0) is 0 Å². The number of benzene rings is 9. The Kier molecular flexibility index (Phi) is 5.20. The van der Waals surface area contributed by atoms with Gasteiger partial charge in [-0.1, -0.05) is 158 Å². The van der Waals surface area contributed by atoms with Crippen LogP contribution in [0.5, 0.6) is 0 Å². The summed E-state index contributed by atoms with van der Waals surface area (Å²) in [6, 6.07) is 63.1. The van der Waals surface area contributed by atoms with E-state index < -0.39 is 0 Å². The fourth-order valence-electron chi connectivity index (χ4n) is 8.83. The molecule has 0 N–H and O–H groups in total. The van der Waals surface area contributed by atoms with Gasteiger partial charge in [-0.25, -0.2) is 0 Å². The van der Waals surface area contributed by atoms with E-state index in [4.69, 9.17) is 0 Å². The van der Waals surface area contributed by atoms with Crippen LogP contribution >= 0.6 is 0 Å². The average molecular weight is 605 g/mol. The largest absolute Gasteiger partial charge is 0.0622 e. The van der Waals surface area contributed by atoms with Gasteiger partial charge in [-0.3, -0.25) is 0 Å². The summed E-state index contributed by atoms with van der Waals surface area (Å²) < 4.78 is 0. The number of fused-ring (bicyclic) bond motifs is 8. The van der Waals surface area contributed by atoms with E-state index in [9.17, 15) is 0 Å². The lowest BCUT2D eigenvalue weighted by atomic mass is 9.83. The molecule has 0 nitrogen and oxygen atoms in total. The molecule has 0 aliphatic rings. The van der Waals surface area contributed by atoms with Crippen molar-refractivity contribution in [1.29, 1.82) is 0 Å². The third-order valence-corrected chi connectivity index (χ3v) is 10.7. The zero-order valence-corrected chi connectivity index (χ0v) is 26.2. The third kappa shape index (κ3) is 3.39. The first-order valence-corrected chi connectivity index (χ1v) is 16.8. The molecule has 220 valence electrons. The van der Waals surface area contributed by atoms with Gasteiger partial charge in [0.15, 0.2) is 0 Å². The van der Waals surface area contributed by atoms with Gasteiger partial charge in [0.1, 0.15) is 0 Å². The molecule has 0 aliphatic heterocycles. The summed E-state index contributed by atoms with van der Waals surface area (Å²) in [5.74, 6) is 0. The van der Waals surface area contributed by atoms with Gasteiger partial charge in [-0.2, -0.15) is 0 Å². The first-order chi connectivity index (χ1) is 23.8. The normalized spacial score (nSPS) is 12.2. The van der Waals surface area contributed by atoms with Crippen LogP contribution in [0.2, 0.25) is 0 Å². The second-order valence-corrected chi connectivity index (χ2v) is 13.1. The highest BCUT2D eigenvalue weighted by atomic mass is 14.3. The summed E-state index contributed by atoms with van der Waals surface area (Å²) in [4.78, 5) is 0. The van der Waals surface area contributed by atoms with E-state index in [1.54, 1.807) is 0 Å². The van der Waals surface area contributed by atoms with Crippen LogP contribution in [0.1, 0.15) is 0 Å². The molecule has 48 heavy (non-hydrogen) atoms. The fraction of sp³-hybridized carbons (Fsp3) is 0. The zero-order valence-electron chi connectivity index (χ0n) is 26.2. The fourth-order valence-corrected chi connectivity index (χ4v) is 8.83. The molecule has 0 radical (unpaired) electrons. The molecule has 0 saturated heterocycles. The molecule has 0 unspecified atom stereocenters.